The number of nitrogens with zero attached hydrogens (tertiary/aromatic N) is 1. The zero-order chi connectivity index (χ0) is 8.27. The van der Waals surface area contributed by atoms with Crippen LogP contribution in [0.15, 0.2) is 16.4 Å². The third kappa shape index (κ3) is 1.91. The monoisotopic (exact) mass is 185 g/mol. The molecule has 11 heavy (non-hydrogen) atoms. The van der Waals surface area contributed by atoms with Gasteiger partial charge in [0.05, 0.1) is 4.53 Å². The maximum Gasteiger partial charge on any atom is 0.146 e. The van der Waals surface area contributed by atoms with E-state index in [9.17, 15) is 0 Å². The Labute approximate surface area is 74.4 Å². The molecule has 0 unspecified atom stereocenters. The SMILES string of the molecule is C=c1ccs/c1=C(\Cl)N=CC. The highest BCUT2D eigenvalue weighted by Gasteiger charge is 1.90. The molecular weight excluding hydrogens is 178 g/mol. The highest BCUT2D eigenvalue weighted by atomic mass is 35.5. The molecule has 0 N–H and O–H groups in total. The molecule has 1 nitrogen and oxygen atoms in total. The first-order valence-corrected chi connectivity index (χ1v) is 4.42. The third-order valence-corrected chi connectivity index (χ3v) is 2.54. The molecule has 0 aliphatic rings. The van der Waals surface area contributed by atoms with Crippen molar-refractivity contribution in [2.45, 2.75) is 6.92 Å². The first kappa shape index (κ1) is 8.50. The molecule has 58 valence electrons. The molecule has 1 aromatic rings. The second-order valence-electron chi connectivity index (χ2n) is 1.95. The molecule has 0 saturated carbocycles. The zero-order valence-electron chi connectivity index (χ0n) is 6.17. The van der Waals surface area contributed by atoms with Crippen LogP contribution in [0, 0.1) is 0 Å². The molecule has 0 aliphatic heterocycles. The number of halogens is 1. The lowest BCUT2D eigenvalue weighted by Crippen LogP contribution is -2.16. The van der Waals surface area contributed by atoms with Crippen LogP contribution in [0.25, 0.3) is 11.7 Å². The van der Waals surface area contributed by atoms with Crippen LogP contribution in [0.2, 0.25) is 0 Å². The number of thiophene rings is 1. The van der Waals surface area contributed by atoms with Crippen molar-refractivity contribution in [3.8, 4) is 0 Å². The van der Waals surface area contributed by atoms with Crippen molar-refractivity contribution in [2.24, 2.45) is 4.99 Å². The van der Waals surface area contributed by atoms with Crippen LogP contribution in [-0.4, -0.2) is 6.21 Å². The molecule has 0 radical (unpaired) electrons. The smallest absolute Gasteiger partial charge is 0.146 e. The molecule has 3 heteroatoms. The van der Waals surface area contributed by atoms with E-state index in [4.69, 9.17) is 11.6 Å². The molecule has 0 bridgehead atoms. The van der Waals surface area contributed by atoms with Gasteiger partial charge in [-0.05, 0) is 23.6 Å². The zero-order valence-corrected chi connectivity index (χ0v) is 7.75. The van der Waals surface area contributed by atoms with Crippen molar-refractivity contribution in [1.29, 1.82) is 0 Å². The molecule has 0 aliphatic carbocycles. The Hall–Kier alpha value is -0.600. The van der Waals surface area contributed by atoms with Crippen LogP contribution in [0.1, 0.15) is 6.92 Å². The lowest BCUT2D eigenvalue weighted by atomic mass is 10.5. The summed E-state index contributed by atoms with van der Waals surface area (Å²) >= 11 is 7.39. The molecule has 0 amide bonds. The average Bonchev–Trinajstić information content (AvgIpc) is 2.36. The van der Waals surface area contributed by atoms with Crippen LogP contribution in [0.4, 0.5) is 0 Å². The summed E-state index contributed by atoms with van der Waals surface area (Å²) in [7, 11) is 0. The Kier molecular flexibility index (Phi) is 2.85. The van der Waals surface area contributed by atoms with E-state index in [1.165, 1.54) is 0 Å². The van der Waals surface area contributed by atoms with Gasteiger partial charge in [0, 0.05) is 6.21 Å². The molecule has 1 heterocycles. The Morgan fingerprint density at radius 1 is 1.82 bits per heavy atom. The Morgan fingerprint density at radius 2 is 2.55 bits per heavy atom. The summed E-state index contributed by atoms with van der Waals surface area (Å²) in [6.45, 7) is 5.65. The molecule has 1 aromatic heterocycles. The largest absolute Gasteiger partial charge is 0.248 e. The molecule has 0 atom stereocenters. The summed E-state index contributed by atoms with van der Waals surface area (Å²) in [6, 6.07) is 1.92. The fourth-order valence-corrected chi connectivity index (χ4v) is 1.78. The van der Waals surface area contributed by atoms with Crippen molar-refractivity contribution in [3.63, 3.8) is 0 Å². The highest BCUT2D eigenvalue weighted by Crippen LogP contribution is 2.00. The van der Waals surface area contributed by atoms with Gasteiger partial charge in [-0.15, -0.1) is 11.3 Å². The van der Waals surface area contributed by atoms with Crippen molar-refractivity contribution < 1.29 is 0 Å². The van der Waals surface area contributed by atoms with Gasteiger partial charge >= 0.3 is 0 Å². The quantitative estimate of drug-likeness (QED) is 0.465. The van der Waals surface area contributed by atoms with Crippen molar-refractivity contribution in [3.05, 3.63) is 21.2 Å². The minimum Gasteiger partial charge on any atom is -0.248 e. The van der Waals surface area contributed by atoms with Gasteiger partial charge in [0.1, 0.15) is 5.16 Å². The van der Waals surface area contributed by atoms with Gasteiger partial charge in [-0.3, -0.25) is 0 Å². The van der Waals surface area contributed by atoms with Gasteiger partial charge in [-0.2, -0.15) is 0 Å². The predicted molar refractivity (Wildman–Crippen MR) is 52.5 cm³/mol. The summed E-state index contributed by atoms with van der Waals surface area (Å²) in [6.07, 6.45) is 1.67. The average molecular weight is 186 g/mol. The van der Waals surface area contributed by atoms with Gasteiger partial charge in [0.15, 0.2) is 0 Å². The van der Waals surface area contributed by atoms with E-state index >= 15 is 0 Å². The fraction of sp³-hybridized carbons (Fsp3) is 0.125. The maximum atomic E-state index is 5.84. The molecule has 0 saturated heterocycles. The van der Waals surface area contributed by atoms with Crippen LogP contribution in [-0.2, 0) is 0 Å². The summed E-state index contributed by atoms with van der Waals surface area (Å²) in [5.41, 5.74) is 0. The van der Waals surface area contributed by atoms with Gasteiger partial charge in [0.2, 0.25) is 0 Å². The van der Waals surface area contributed by atoms with E-state index in [-0.39, 0.29) is 0 Å². The van der Waals surface area contributed by atoms with Crippen LogP contribution < -0.4 is 9.75 Å². The van der Waals surface area contributed by atoms with Crippen LogP contribution >= 0.6 is 22.9 Å². The Balaban J connectivity index is 3.38. The molecule has 0 aromatic carbocycles. The second-order valence-corrected chi connectivity index (χ2v) is 3.23. The standard InChI is InChI=1S/C8H8ClNS/c1-3-10-8(9)7-6(2)4-5-11-7/h3-5H,2H2,1H3/b8-7+,10-3?. The summed E-state index contributed by atoms with van der Waals surface area (Å²) in [5, 5.41) is 3.41. The minimum atomic E-state index is 0.521. The van der Waals surface area contributed by atoms with Gasteiger partial charge in [-0.1, -0.05) is 18.2 Å². The number of hydrogen-bond acceptors (Lipinski definition) is 2. The van der Waals surface area contributed by atoms with Crippen molar-refractivity contribution in [1.82, 2.24) is 0 Å². The lowest BCUT2D eigenvalue weighted by Gasteiger charge is -1.82. The van der Waals surface area contributed by atoms with E-state index in [0.29, 0.717) is 5.16 Å². The summed E-state index contributed by atoms with van der Waals surface area (Å²) in [4.78, 5) is 3.96. The fourth-order valence-electron chi connectivity index (χ4n) is 0.689. The molecular formula is C8H8ClNS. The summed E-state index contributed by atoms with van der Waals surface area (Å²) in [5.74, 6) is 0. The predicted octanol–water partition coefficient (Wildman–Crippen LogP) is 1.55. The van der Waals surface area contributed by atoms with Gasteiger partial charge in [0.25, 0.3) is 0 Å². The minimum absolute atomic E-state index is 0.521. The van der Waals surface area contributed by atoms with E-state index in [2.05, 4.69) is 11.6 Å². The normalized spacial score (nSPS) is 14.0. The third-order valence-electron chi connectivity index (χ3n) is 1.18. The van der Waals surface area contributed by atoms with E-state index in [0.717, 1.165) is 9.75 Å². The van der Waals surface area contributed by atoms with E-state index < -0.39 is 0 Å². The van der Waals surface area contributed by atoms with Crippen molar-refractivity contribution >= 4 is 40.9 Å². The first-order chi connectivity index (χ1) is 5.25. The first-order valence-electron chi connectivity index (χ1n) is 3.16. The number of hydrogen-bond donors (Lipinski definition) is 0. The topological polar surface area (TPSA) is 12.4 Å². The van der Waals surface area contributed by atoms with Crippen LogP contribution in [0.5, 0.6) is 0 Å². The summed E-state index contributed by atoms with van der Waals surface area (Å²) < 4.78 is 0.949. The van der Waals surface area contributed by atoms with Gasteiger partial charge < -0.3 is 0 Å². The Morgan fingerprint density at radius 3 is 3.00 bits per heavy atom. The van der Waals surface area contributed by atoms with Crippen LogP contribution in [0.3, 0.4) is 0 Å². The lowest BCUT2D eigenvalue weighted by molar-refractivity contribution is 1.62. The number of rotatable bonds is 1. The Bertz CT molecular complexity index is 364. The number of aliphatic imine (C=N–C) groups is 1. The van der Waals surface area contributed by atoms with E-state index in [1.807, 2.05) is 18.4 Å². The molecule has 0 spiro atoms. The van der Waals surface area contributed by atoms with Crippen molar-refractivity contribution in [2.75, 3.05) is 0 Å². The highest BCUT2D eigenvalue weighted by molar-refractivity contribution is 7.08. The maximum absolute atomic E-state index is 5.84. The van der Waals surface area contributed by atoms with Gasteiger partial charge in [-0.25, -0.2) is 4.99 Å². The molecule has 0 fully saturated rings. The second kappa shape index (κ2) is 3.69. The molecule has 1 rings (SSSR count). The van der Waals surface area contributed by atoms with E-state index in [1.54, 1.807) is 17.6 Å².